The van der Waals surface area contributed by atoms with Crippen LogP contribution in [0.3, 0.4) is 0 Å². The Morgan fingerprint density at radius 1 is 0.463 bits per heavy atom. The molecule has 3 heterocycles. The average Bonchev–Trinajstić information content (AvgIpc) is 3.43. The van der Waals surface area contributed by atoms with Gasteiger partial charge >= 0.3 is 0 Å². The van der Waals surface area contributed by atoms with Crippen LogP contribution in [0.5, 0.6) is 0 Å². The lowest BCUT2D eigenvalue weighted by molar-refractivity contribution is 0.669. The molecule has 8 rings (SSSR count). The molecule has 5 aromatic carbocycles. The van der Waals surface area contributed by atoms with Gasteiger partial charge in [0, 0.05) is 39.9 Å². The molecular formula is C35H21N5O. The average molecular weight is 528 g/mol. The largest absolute Gasteiger partial charge is 0.455 e. The van der Waals surface area contributed by atoms with Crippen LogP contribution in [0.25, 0.3) is 78.3 Å². The molecule has 0 N–H and O–H groups in total. The second-order valence-electron chi connectivity index (χ2n) is 9.77. The fourth-order valence-corrected chi connectivity index (χ4v) is 5.30. The van der Waals surface area contributed by atoms with Crippen molar-refractivity contribution in [2.45, 2.75) is 0 Å². The SMILES string of the molecule is c1ccc(-c2nc(-c3ccccc3)nc(-c3cc(-c4cccc5nccnc45)cc4c3oc3ccccc34)n2)cc1. The Bertz CT molecular complexity index is 2150. The van der Waals surface area contributed by atoms with Gasteiger partial charge in [-0.05, 0) is 29.8 Å². The predicted molar refractivity (Wildman–Crippen MR) is 162 cm³/mol. The maximum absolute atomic E-state index is 6.48. The molecule has 0 bridgehead atoms. The van der Waals surface area contributed by atoms with E-state index < -0.39 is 0 Å². The first-order valence-corrected chi connectivity index (χ1v) is 13.3. The number of hydrogen-bond acceptors (Lipinski definition) is 6. The van der Waals surface area contributed by atoms with E-state index in [1.54, 1.807) is 12.4 Å². The number of fused-ring (bicyclic) bond motifs is 4. The second kappa shape index (κ2) is 9.47. The summed E-state index contributed by atoms with van der Waals surface area (Å²) in [5, 5.41) is 2.01. The van der Waals surface area contributed by atoms with Crippen LogP contribution < -0.4 is 0 Å². The zero-order chi connectivity index (χ0) is 27.2. The third-order valence-electron chi connectivity index (χ3n) is 7.23. The van der Waals surface area contributed by atoms with Crippen LogP contribution >= 0.6 is 0 Å². The zero-order valence-corrected chi connectivity index (χ0v) is 21.8. The molecule has 0 saturated heterocycles. The summed E-state index contributed by atoms with van der Waals surface area (Å²) >= 11 is 0. The van der Waals surface area contributed by atoms with Crippen LogP contribution in [0.15, 0.2) is 132 Å². The van der Waals surface area contributed by atoms with E-state index in [1.807, 2.05) is 91.0 Å². The lowest BCUT2D eigenvalue weighted by Crippen LogP contribution is -2.00. The smallest absolute Gasteiger partial charge is 0.167 e. The number of rotatable bonds is 4. The van der Waals surface area contributed by atoms with Crippen molar-refractivity contribution < 1.29 is 4.42 Å². The van der Waals surface area contributed by atoms with E-state index in [-0.39, 0.29) is 0 Å². The van der Waals surface area contributed by atoms with Crippen molar-refractivity contribution in [1.82, 2.24) is 24.9 Å². The van der Waals surface area contributed by atoms with E-state index in [0.29, 0.717) is 17.5 Å². The molecule has 0 aliphatic carbocycles. The lowest BCUT2D eigenvalue weighted by Gasteiger charge is -2.11. The summed E-state index contributed by atoms with van der Waals surface area (Å²) in [6, 6.07) is 38.3. The first-order valence-electron chi connectivity index (χ1n) is 13.3. The van der Waals surface area contributed by atoms with Crippen molar-refractivity contribution in [1.29, 1.82) is 0 Å². The standard InChI is InChI=1S/C35H21N5O/c1-3-10-22(11-4-1)33-38-34(23-12-5-2-6-13-23)40-35(39-33)28-21-24(25-15-9-16-29-31(25)37-19-18-36-29)20-27-26-14-7-8-17-30(26)41-32(27)28/h1-21H. The van der Waals surface area contributed by atoms with Crippen LogP contribution in [0.2, 0.25) is 0 Å². The van der Waals surface area contributed by atoms with Gasteiger partial charge in [0.05, 0.1) is 16.6 Å². The molecule has 0 aliphatic rings. The Hall–Kier alpha value is -5.75. The summed E-state index contributed by atoms with van der Waals surface area (Å²) in [5.41, 5.74) is 7.76. The van der Waals surface area contributed by atoms with Gasteiger partial charge in [0.15, 0.2) is 17.5 Å². The minimum Gasteiger partial charge on any atom is -0.455 e. The summed E-state index contributed by atoms with van der Waals surface area (Å²) in [4.78, 5) is 24.1. The van der Waals surface area contributed by atoms with Gasteiger partial charge < -0.3 is 4.42 Å². The van der Waals surface area contributed by atoms with Gasteiger partial charge in [-0.3, -0.25) is 9.97 Å². The normalized spacial score (nSPS) is 11.4. The molecule has 8 aromatic rings. The number of para-hydroxylation sites is 2. The van der Waals surface area contributed by atoms with Gasteiger partial charge in [0.25, 0.3) is 0 Å². The van der Waals surface area contributed by atoms with Crippen molar-refractivity contribution in [2.24, 2.45) is 0 Å². The Balaban J connectivity index is 1.46. The highest BCUT2D eigenvalue weighted by Gasteiger charge is 2.20. The zero-order valence-electron chi connectivity index (χ0n) is 21.8. The summed E-state index contributed by atoms with van der Waals surface area (Å²) in [5.74, 6) is 1.73. The predicted octanol–water partition coefficient (Wildman–Crippen LogP) is 8.38. The topological polar surface area (TPSA) is 77.6 Å². The third kappa shape index (κ3) is 4.01. The number of furan rings is 1. The summed E-state index contributed by atoms with van der Waals surface area (Å²) < 4.78 is 6.48. The molecular weight excluding hydrogens is 506 g/mol. The van der Waals surface area contributed by atoms with E-state index in [9.17, 15) is 0 Å². The Morgan fingerprint density at radius 2 is 1.12 bits per heavy atom. The lowest BCUT2D eigenvalue weighted by atomic mass is 9.97. The molecule has 0 radical (unpaired) electrons. The maximum Gasteiger partial charge on any atom is 0.167 e. The Morgan fingerprint density at radius 3 is 1.88 bits per heavy atom. The van der Waals surface area contributed by atoms with Gasteiger partial charge in [0.2, 0.25) is 0 Å². The molecule has 0 unspecified atom stereocenters. The highest BCUT2D eigenvalue weighted by Crippen LogP contribution is 2.40. The van der Waals surface area contributed by atoms with Crippen LogP contribution in [0, 0.1) is 0 Å². The first kappa shape index (κ1) is 23.2. The van der Waals surface area contributed by atoms with Gasteiger partial charge in [-0.15, -0.1) is 0 Å². The molecule has 0 atom stereocenters. The minimum absolute atomic E-state index is 0.537. The van der Waals surface area contributed by atoms with Gasteiger partial charge in [0.1, 0.15) is 11.2 Å². The fraction of sp³-hybridized carbons (Fsp3) is 0. The molecule has 0 spiro atoms. The fourth-order valence-electron chi connectivity index (χ4n) is 5.30. The van der Waals surface area contributed by atoms with Gasteiger partial charge in [-0.1, -0.05) is 91.0 Å². The maximum atomic E-state index is 6.48. The van der Waals surface area contributed by atoms with Crippen molar-refractivity contribution in [3.8, 4) is 45.3 Å². The molecule has 41 heavy (non-hydrogen) atoms. The van der Waals surface area contributed by atoms with E-state index in [2.05, 4.69) is 34.2 Å². The molecule has 0 amide bonds. The highest BCUT2D eigenvalue weighted by atomic mass is 16.3. The minimum atomic E-state index is 0.537. The Labute approximate surface area is 235 Å². The summed E-state index contributed by atoms with van der Waals surface area (Å²) in [7, 11) is 0. The van der Waals surface area contributed by atoms with Crippen molar-refractivity contribution >= 4 is 33.0 Å². The van der Waals surface area contributed by atoms with Crippen molar-refractivity contribution in [3.05, 3.63) is 128 Å². The summed E-state index contributed by atoms with van der Waals surface area (Å²) in [6.07, 6.45) is 3.44. The molecule has 6 nitrogen and oxygen atoms in total. The van der Waals surface area contributed by atoms with Gasteiger partial charge in [-0.2, -0.15) is 0 Å². The molecule has 0 saturated carbocycles. The summed E-state index contributed by atoms with van der Waals surface area (Å²) in [6.45, 7) is 0. The van der Waals surface area contributed by atoms with E-state index >= 15 is 0 Å². The molecule has 0 aliphatic heterocycles. The number of benzene rings is 5. The highest BCUT2D eigenvalue weighted by molar-refractivity contribution is 6.11. The van der Waals surface area contributed by atoms with E-state index in [0.717, 1.165) is 60.8 Å². The molecule has 0 fully saturated rings. The van der Waals surface area contributed by atoms with Crippen molar-refractivity contribution in [3.63, 3.8) is 0 Å². The van der Waals surface area contributed by atoms with Crippen LogP contribution in [-0.4, -0.2) is 24.9 Å². The molecule has 6 heteroatoms. The second-order valence-corrected chi connectivity index (χ2v) is 9.77. The quantitative estimate of drug-likeness (QED) is 0.229. The van der Waals surface area contributed by atoms with Gasteiger partial charge in [-0.25, -0.2) is 15.0 Å². The van der Waals surface area contributed by atoms with Crippen molar-refractivity contribution in [2.75, 3.05) is 0 Å². The van der Waals surface area contributed by atoms with Crippen LogP contribution in [0.1, 0.15) is 0 Å². The number of nitrogens with zero attached hydrogens (tertiary/aromatic N) is 5. The molecule has 192 valence electrons. The van der Waals surface area contributed by atoms with E-state index in [1.165, 1.54) is 0 Å². The molecule has 3 aromatic heterocycles. The monoisotopic (exact) mass is 527 g/mol. The Kier molecular flexibility index (Phi) is 5.35. The van der Waals surface area contributed by atoms with Crippen LogP contribution in [-0.2, 0) is 0 Å². The first-order chi connectivity index (χ1) is 20.3. The number of aromatic nitrogens is 5. The number of hydrogen-bond donors (Lipinski definition) is 0. The van der Waals surface area contributed by atoms with Crippen LogP contribution in [0.4, 0.5) is 0 Å². The van der Waals surface area contributed by atoms with E-state index in [4.69, 9.17) is 19.4 Å². The third-order valence-corrected chi connectivity index (χ3v) is 7.23.